The predicted molar refractivity (Wildman–Crippen MR) is 100.0 cm³/mol. The van der Waals surface area contributed by atoms with E-state index in [1.165, 1.54) is 11.8 Å². The van der Waals surface area contributed by atoms with E-state index in [9.17, 15) is 4.79 Å². The molecular weight excluding hydrogens is 381 g/mol. The number of hydrogen-bond acceptors (Lipinski definition) is 6. The number of amides is 1. The molecule has 9 heteroatoms. The highest BCUT2D eigenvalue weighted by Gasteiger charge is 2.25. The largest absolute Gasteiger partial charge is 0.353 e. The number of hydrogen-bond donors (Lipinski definition) is 1. The molecule has 1 amide bonds. The Morgan fingerprint density at radius 3 is 2.92 bits per heavy atom. The number of nitrogens with one attached hydrogen (secondary N) is 1. The lowest BCUT2D eigenvalue weighted by Gasteiger charge is -2.22. The highest BCUT2D eigenvalue weighted by Crippen LogP contribution is 2.37. The van der Waals surface area contributed by atoms with Crippen LogP contribution in [0.15, 0.2) is 22.2 Å². The highest BCUT2D eigenvalue weighted by atomic mass is 35.5. The molecule has 6 nitrogen and oxygen atoms in total. The summed E-state index contributed by atoms with van der Waals surface area (Å²) in [6.07, 6.45) is 2.55. The molecule has 25 heavy (non-hydrogen) atoms. The lowest BCUT2D eigenvalue weighted by Crippen LogP contribution is -2.30. The first-order chi connectivity index (χ1) is 12.0. The first kappa shape index (κ1) is 18.2. The number of halogens is 2. The number of carbonyl (C=O) groups is 1. The van der Waals surface area contributed by atoms with E-state index in [4.69, 9.17) is 23.2 Å². The number of nitrogens with zero attached hydrogens (tertiary/aromatic N) is 4. The zero-order chi connectivity index (χ0) is 18.0. The van der Waals surface area contributed by atoms with Crippen LogP contribution >= 0.6 is 35.0 Å². The van der Waals surface area contributed by atoms with Crippen molar-refractivity contribution in [1.29, 1.82) is 0 Å². The summed E-state index contributed by atoms with van der Waals surface area (Å²) in [5.41, 5.74) is 1.08. The second-order valence-corrected chi connectivity index (χ2v) is 7.31. The third-order valence-electron chi connectivity index (χ3n) is 3.70. The number of fused-ring (bicyclic) bond motifs is 1. The quantitative estimate of drug-likeness (QED) is 0.794. The van der Waals surface area contributed by atoms with E-state index in [1.807, 2.05) is 6.92 Å². The standard InChI is InChI=1S/C16H17Cl2N5OS/c1-3-7-23-8-6-20-15(24)12-14(23)21-9(2)16(22-12)25-10-4-5-19-13(18)11(10)17/h4-5H,3,6-8H2,1-2H3,(H,20,24). The lowest BCUT2D eigenvalue weighted by atomic mass is 10.3. The molecule has 0 unspecified atom stereocenters. The van der Waals surface area contributed by atoms with Gasteiger partial charge in [0.1, 0.15) is 10.2 Å². The Hall–Kier alpha value is -1.57. The van der Waals surface area contributed by atoms with Gasteiger partial charge in [0, 0.05) is 30.7 Å². The van der Waals surface area contributed by atoms with E-state index in [-0.39, 0.29) is 11.1 Å². The molecule has 2 aromatic heterocycles. The second-order valence-electron chi connectivity index (χ2n) is 5.55. The summed E-state index contributed by atoms with van der Waals surface area (Å²) >= 11 is 13.5. The molecule has 0 saturated carbocycles. The number of aryl methyl sites for hydroxylation is 1. The van der Waals surface area contributed by atoms with Crippen molar-refractivity contribution in [2.75, 3.05) is 24.5 Å². The van der Waals surface area contributed by atoms with E-state index in [1.54, 1.807) is 12.3 Å². The van der Waals surface area contributed by atoms with Crippen molar-refractivity contribution < 1.29 is 4.79 Å². The molecule has 0 spiro atoms. The Balaban J connectivity index is 2.02. The highest BCUT2D eigenvalue weighted by molar-refractivity contribution is 7.99. The van der Waals surface area contributed by atoms with E-state index >= 15 is 0 Å². The van der Waals surface area contributed by atoms with Gasteiger partial charge in [-0.3, -0.25) is 4.79 Å². The molecule has 2 aromatic rings. The van der Waals surface area contributed by atoms with Gasteiger partial charge in [-0.2, -0.15) is 0 Å². The van der Waals surface area contributed by atoms with E-state index in [2.05, 4.69) is 32.1 Å². The lowest BCUT2D eigenvalue weighted by molar-refractivity contribution is 0.0952. The molecule has 1 aliphatic rings. The summed E-state index contributed by atoms with van der Waals surface area (Å²) in [4.78, 5) is 28.4. The van der Waals surface area contributed by atoms with Gasteiger partial charge in [-0.05, 0) is 19.4 Å². The van der Waals surface area contributed by atoms with Gasteiger partial charge in [-0.25, -0.2) is 15.0 Å². The van der Waals surface area contributed by atoms with E-state index in [0.717, 1.165) is 30.1 Å². The molecule has 0 radical (unpaired) electrons. The maximum atomic E-state index is 12.4. The molecule has 3 heterocycles. The molecule has 0 saturated heterocycles. The monoisotopic (exact) mass is 397 g/mol. The molecule has 1 aliphatic heterocycles. The maximum Gasteiger partial charge on any atom is 0.273 e. The first-order valence-corrected chi connectivity index (χ1v) is 9.48. The van der Waals surface area contributed by atoms with Crippen LogP contribution < -0.4 is 10.2 Å². The molecule has 0 aliphatic carbocycles. The molecular formula is C16H17Cl2N5OS. The van der Waals surface area contributed by atoms with Gasteiger partial charge < -0.3 is 10.2 Å². The van der Waals surface area contributed by atoms with Gasteiger partial charge in [-0.1, -0.05) is 41.9 Å². The fraction of sp³-hybridized carbons (Fsp3) is 0.375. The molecule has 132 valence electrons. The summed E-state index contributed by atoms with van der Waals surface area (Å²) in [7, 11) is 0. The minimum Gasteiger partial charge on any atom is -0.353 e. The van der Waals surface area contributed by atoms with Gasteiger partial charge in [0.25, 0.3) is 5.91 Å². The number of carbonyl (C=O) groups excluding carboxylic acids is 1. The van der Waals surface area contributed by atoms with Crippen molar-refractivity contribution in [2.45, 2.75) is 30.2 Å². The molecule has 0 aromatic carbocycles. The smallest absolute Gasteiger partial charge is 0.273 e. The van der Waals surface area contributed by atoms with Crippen LogP contribution in [0, 0.1) is 6.92 Å². The summed E-state index contributed by atoms with van der Waals surface area (Å²) in [5.74, 6) is 0.430. The van der Waals surface area contributed by atoms with E-state index < -0.39 is 0 Å². The van der Waals surface area contributed by atoms with Gasteiger partial charge in [0.15, 0.2) is 11.5 Å². The Labute approximate surface area is 160 Å². The zero-order valence-electron chi connectivity index (χ0n) is 13.8. The third kappa shape index (κ3) is 3.83. The minimum absolute atomic E-state index is 0.207. The van der Waals surface area contributed by atoms with Crippen LogP contribution in [0.2, 0.25) is 10.2 Å². The Kier molecular flexibility index (Phi) is 5.66. The molecule has 0 fully saturated rings. The zero-order valence-corrected chi connectivity index (χ0v) is 16.2. The molecule has 3 rings (SSSR count). The molecule has 0 bridgehead atoms. The minimum atomic E-state index is -0.207. The molecule has 1 N–H and O–H groups in total. The summed E-state index contributed by atoms with van der Waals surface area (Å²) in [6.45, 7) is 6.09. The predicted octanol–water partition coefficient (Wildman–Crippen LogP) is 3.60. The van der Waals surface area contributed by atoms with Crippen LogP contribution in [0.1, 0.15) is 29.5 Å². The SMILES string of the molecule is CCCN1CCNC(=O)c2nc(Sc3ccnc(Cl)c3Cl)c(C)nc21. The fourth-order valence-electron chi connectivity index (χ4n) is 2.53. The number of aromatic nitrogens is 3. The summed E-state index contributed by atoms with van der Waals surface area (Å²) in [5, 5.41) is 4.09. The molecule has 0 atom stereocenters. The summed E-state index contributed by atoms with van der Waals surface area (Å²) in [6, 6.07) is 1.76. The second kappa shape index (κ2) is 7.76. The number of rotatable bonds is 4. The average molecular weight is 398 g/mol. The first-order valence-electron chi connectivity index (χ1n) is 7.91. The van der Waals surface area contributed by atoms with Crippen molar-refractivity contribution in [3.63, 3.8) is 0 Å². The Morgan fingerprint density at radius 1 is 1.36 bits per heavy atom. The average Bonchev–Trinajstić information content (AvgIpc) is 2.72. The van der Waals surface area contributed by atoms with Crippen LogP contribution in [0.4, 0.5) is 5.82 Å². The maximum absolute atomic E-state index is 12.4. The number of anilines is 1. The summed E-state index contributed by atoms with van der Waals surface area (Å²) < 4.78 is 0. The van der Waals surface area contributed by atoms with Crippen molar-refractivity contribution in [3.05, 3.63) is 33.8 Å². The van der Waals surface area contributed by atoms with Gasteiger partial charge in [-0.15, -0.1) is 0 Å². The normalized spacial score (nSPS) is 14.1. The topological polar surface area (TPSA) is 71.0 Å². The van der Waals surface area contributed by atoms with Crippen LogP contribution in [0.3, 0.4) is 0 Å². The number of pyridine rings is 1. The van der Waals surface area contributed by atoms with Gasteiger partial charge >= 0.3 is 0 Å². The van der Waals surface area contributed by atoms with Crippen molar-refractivity contribution in [2.24, 2.45) is 0 Å². The fourth-order valence-corrected chi connectivity index (χ4v) is 3.82. The van der Waals surface area contributed by atoms with Crippen molar-refractivity contribution in [3.8, 4) is 0 Å². The van der Waals surface area contributed by atoms with Crippen LogP contribution in [0.25, 0.3) is 0 Å². The van der Waals surface area contributed by atoms with E-state index in [0.29, 0.717) is 28.1 Å². The van der Waals surface area contributed by atoms with Crippen LogP contribution in [-0.2, 0) is 0 Å². The van der Waals surface area contributed by atoms with Gasteiger partial charge in [0.2, 0.25) is 0 Å². The van der Waals surface area contributed by atoms with Gasteiger partial charge in [0.05, 0.1) is 10.7 Å². The Bertz CT molecular complexity index is 817. The Morgan fingerprint density at radius 2 is 2.16 bits per heavy atom. The van der Waals surface area contributed by atoms with Crippen molar-refractivity contribution in [1.82, 2.24) is 20.3 Å². The third-order valence-corrected chi connectivity index (χ3v) is 5.72. The van der Waals surface area contributed by atoms with Crippen LogP contribution in [-0.4, -0.2) is 40.5 Å². The van der Waals surface area contributed by atoms with Crippen molar-refractivity contribution >= 4 is 46.7 Å². The van der Waals surface area contributed by atoms with Crippen LogP contribution in [0.5, 0.6) is 0 Å².